The summed E-state index contributed by atoms with van der Waals surface area (Å²) < 4.78 is 18.6. The fourth-order valence-corrected chi connectivity index (χ4v) is 3.06. The molecule has 0 bridgehead atoms. The molecular weight excluding hydrogens is 347 g/mol. The second-order valence-corrected chi connectivity index (χ2v) is 6.50. The van der Waals surface area contributed by atoms with Crippen LogP contribution in [0, 0.1) is 11.7 Å². The van der Waals surface area contributed by atoms with Gasteiger partial charge in [-0.15, -0.1) is 0 Å². The molecule has 1 atom stereocenters. The molecule has 1 fully saturated rings. The summed E-state index contributed by atoms with van der Waals surface area (Å²) in [6.07, 6.45) is 3.22. The molecule has 0 saturated carbocycles. The number of carbonyl (C=O) groups is 1. The number of H-pyrrole nitrogens is 1. The van der Waals surface area contributed by atoms with Crippen LogP contribution in [0.5, 0.6) is 5.75 Å². The Labute approximate surface area is 149 Å². The first-order valence-electron chi connectivity index (χ1n) is 8.09. The maximum absolute atomic E-state index is 12.9. The van der Waals surface area contributed by atoms with Crippen LogP contribution in [0.4, 0.5) is 4.39 Å². The molecule has 25 heavy (non-hydrogen) atoms. The number of hydrogen-bond acceptors (Lipinski definition) is 3. The lowest BCUT2D eigenvalue weighted by molar-refractivity contribution is 0.0633. The molecule has 1 amide bonds. The van der Waals surface area contributed by atoms with E-state index in [0.717, 1.165) is 12.8 Å². The SMILES string of the molecule is O=C(c1c[nH]c(=O)c(Cl)c1)N1CCC[C@H](COc2ccc(F)cc2)C1. The Kier molecular flexibility index (Phi) is 5.38. The van der Waals surface area contributed by atoms with Crippen LogP contribution >= 0.6 is 11.6 Å². The molecule has 2 heterocycles. The van der Waals surface area contributed by atoms with E-state index >= 15 is 0 Å². The quantitative estimate of drug-likeness (QED) is 0.906. The Balaban J connectivity index is 1.60. The van der Waals surface area contributed by atoms with Crippen LogP contribution in [0.15, 0.2) is 41.3 Å². The zero-order valence-corrected chi connectivity index (χ0v) is 14.3. The van der Waals surface area contributed by atoms with Gasteiger partial charge in [0.05, 0.1) is 12.2 Å². The average molecular weight is 365 g/mol. The highest BCUT2D eigenvalue weighted by Gasteiger charge is 2.25. The maximum atomic E-state index is 12.9. The molecule has 3 rings (SSSR count). The Morgan fingerprint density at radius 1 is 1.36 bits per heavy atom. The summed E-state index contributed by atoms with van der Waals surface area (Å²) >= 11 is 5.79. The van der Waals surface area contributed by atoms with Crippen molar-refractivity contribution in [2.24, 2.45) is 5.92 Å². The van der Waals surface area contributed by atoms with E-state index in [9.17, 15) is 14.0 Å². The van der Waals surface area contributed by atoms with E-state index < -0.39 is 5.56 Å². The lowest BCUT2D eigenvalue weighted by Gasteiger charge is -2.32. The summed E-state index contributed by atoms with van der Waals surface area (Å²) in [7, 11) is 0. The number of hydrogen-bond donors (Lipinski definition) is 1. The Bertz CT molecular complexity index is 807. The second kappa shape index (κ2) is 7.70. The van der Waals surface area contributed by atoms with Gasteiger partial charge in [0.15, 0.2) is 0 Å². The van der Waals surface area contributed by atoms with Gasteiger partial charge in [-0.1, -0.05) is 11.6 Å². The van der Waals surface area contributed by atoms with Crippen molar-refractivity contribution < 1.29 is 13.9 Å². The lowest BCUT2D eigenvalue weighted by atomic mass is 9.98. The largest absolute Gasteiger partial charge is 0.493 e. The average Bonchev–Trinajstić information content (AvgIpc) is 2.63. The summed E-state index contributed by atoms with van der Waals surface area (Å²) in [6.45, 7) is 1.68. The van der Waals surface area contributed by atoms with Crippen molar-refractivity contribution in [2.75, 3.05) is 19.7 Å². The van der Waals surface area contributed by atoms with Crippen LogP contribution in [-0.2, 0) is 0 Å². The van der Waals surface area contributed by atoms with Crippen molar-refractivity contribution in [3.05, 3.63) is 63.3 Å². The van der Waals surface area contributed by atoms with Crippen molar-refractivity contribution in [3.63, 3.8) is 0 Å². The van der Waals surface area contributed by atoms with Gasteiger partial charge in [-0.3, -0.25) is 9.59 Å². The van der Waals surface area contributed by atoms with E-state index in [2.05, 4.69) is 4.98 Å². The molecule has 0 spiro atoms. The van der Waals surface area contributed by atoms with Crippen LogP contribution in [0.3, 0.4) is 0 Å². The first kappa shape index (κ1) is 17.5. The van der Waals surface area contributed by atoms with Crippen molar-refractivity contribution in [2.45, 2.75) is 12.8 Å². The zero-order valence-electron chi connectivity index (χ0n) is 13.5. The van der Waals surface area contributed by atoms with E-state index in [1.165, 1.54) is 24.4 Å². The van der Waals surface area contributed by atoms with Gasteiger partial charge in [-0.25, -0.2) is 4.39 Å². The summed E-state index contributed by atoms with van der Waals surface area (Å²) in [5.74, 6) is 0.337. The van der Waals surface area contributed by atoms with Gasteiger partial charge in [0.1, 0.15) is 16.6 Å². The monoisotopic (exact) mass is 364 g/mol. The van der Waals surface area contributed by atoms with Gasteiger partial charge >= 0.3 is 0 Å². The number of pyridine rings is 1. The standard InChI is InChI=1S/C18H18ClFN2O3/c19-16-8-13(9-21-17(16)23)18(24)22-7-1-2-12(10-22)11-25-15-5-3-14(20)4-6-15/h3-6,8-9,12H,1-2,7,10-11H2,(H,21,23)/t12-/m0/s1. The number of ether oxygens (including phenoxy) is 1. The number of likely N-dealkylation sites (tertiary alicyclic amines) is 1. The Hall–Kier alpha value is -2.34. The minimum absolute atomic E-state index is 0.000877. The van der Waals surface area contributed by atoms with Crippen LogP contribution in [0.2, 0.25) is 5.02 Å². The minimum atomic E-state index is -0.414. The molecule has 0 aliphatic carbocycles. The number of nitrogens with one attached hydrogen (secondary N) is 1. The van der Waals surface area contributed by atoms with Gasteiger partial charge in [0.2, 0.25) is 0 Å². The number of amides is 1. The number of rotatable bonds is 4. The first-order valence-corrected chi connectivity index (χ1v) is 8.46. The number of carbonyl (C=O) groups excluding carboxylic acids is 1. The molecule has 0 radical (unpaired) electrons. The zero-order chi connectivity index (χ0) is 17.8. The van der Waals surface area contributed by atoms with Gasteiger partial charge < -0.3 is 14.6 Å². The van der Waals surface area contributed by atoms with E-state index in [-0.39, 0.29) is 22.7 Å². The molecule has 1 aliphatic heterocycles. The predicted molar refractivity (Wildman–Crippen MR) is 92.6 cm³/mol. The summed E-state index contributed by atoms with van der Waals surface area (Å²) in [5, 5.41) is -0.000877. The minimum Gasteiger partial charge on any atom is -0.493 e. The van der Waals surface area contributed by atoms with Crippen LogP contribution in [0.25, 0.3) is 0 Å². The molecule has 1 saturated heterocycles. The molecule has 1 aromatic heterocycles. The normalized spacial score (nSPS) is 17.4. The lowest BCUT2D eigenvalue weighted by Crippen LogP contribution is -2.41. The molecular formula is C18H18ClFN2O3. The van der Waals surface area contributed by atoms with Crippen molar-refractivity contribution in [1.29, 1.82) is 0 Å². The number of halogens is 2. The fourth-order valence-electron chi connectivity index (χ4n) is 2.89. The van der Waals surface area contributed by atoms with E-state index in [1.807, 2.05) is 0 Å². The molecule has 2 aromatic rings. The first-order chi connectivity index (χ1) is 12.0. The molecule has 1 aromatic carbocycles. The molecule has 132 valence electrons. The van der Waals surface area contributed by atoms with Crippen LogP contribution in [-0.4, -0.2) is 35.5 Å². The second-order valence-electron chi connectivity index (χ2n) is 6.09. The summed E-state index contributed by atoms with van der Waals surface area (Å²) in [5.41, 5.74) is -0.0489. The molecule has 1 N–H and O–H groups in total. The number of benzene rings is 1. The number of aromatic nitrogens is 1. The molecule has 5 nitrogen and oxygen atoms in total. The number of aromatic amines is 1. The van der Waals surface area contributed by atoms with Crippen molar-refractivity contribution in [3.8, 4) is 5.75 Å². The van der Waals surface area contributed by atoms with Gasteiger partial charge in [0, 0.05) is 25.2 Å². The van der Waals surface area contributed by atoms with E-state index in [4.69, 9.17) is 16.3 Å². The maximum Gasteiger partial charge on any atom is 0.266 e. The topological polar surface area (TPSA) is 62.4 Å². The van der Waals surface area contributed by atoms with Gasteiger partial charge in [0.25, 0.3) is 11.5 Å². The van der Waals surface area contributed by atoms with E-state index in [0.29, 0.717) is 31.0 Å². The Morgan fingerprint density at radius 2 is 2.12 bits per heavy atom. The number of nitrogens with zero attached hydrogens (tertiary/aromatic N) is 1. The third kappa shape index (κ3) is 4.39. The van der Waals surface area contributed by atoms with Crippen molar-refractivity contribution in [1.82, 2.24) is 9.88 Å². The van der Waals surface area contributed by atoms with E-state index in [1.54, 1.807) is 17.0 Å². The highest BCUT2D eigenvalue weighted by Crippen LogP contribution is 2.21. The number of piperidine rings is 1. The smallest absolute Gasteiger partial charge is 0.266 e. The van der Waals surface area contributed by atoms with Gasteiger partial charge in [-0.05, 0) is 43.2 Å². The van der Waals surface area contributed by atoms with Crippen LogP contribution in [0.1, 0.15) is 23.2 Å². The highest BCUT2D eigenvalue weighted by molar-refractivity contribution is 6.30. The molecule has 1 aliphatic rings. The third-order valence-electron chi connectivity index (χ3n) is 4.21. The fraction of sp³-hybridized carbons (Fsp3) is 0.333. The Morgan fingerprint density at radius 3 is 2.84 bits per heavy atom. The summed E-state index contributed by atoms with van der Waals surface area (Å²) in [4.78, 5) is 28.1. The third-order valence-corrected chi connectivity index (χ3v) is 4.49. The highest BCUT2D eigenvalue weighted by atomic mass is 35.5. The van der Waals surface area contributed by atoms with Crippen molar-refractivity contribution >= 4 is 17.5 Å². The molecule has 7 heteroatoms. The van der Waals surface area contributed by atoms with Crippen LogP contribution < -0.4 is 10.3 Å². The van der Waals surface area contributed by atoms with Gasteiger partial charge in [-0.2, -0.15) is 0 Å². The summed E-state index contributed by atoms with van der Waals surface area (Å²) in [6, 6.07) is 7.27. The molecule has 0 unspecified atom stereocenters. The predicted octanol–water partition coefficient (Wildman–Crippen LogP) is 3.10.